The van der Waals surface area contributed by atoms with Gasteiger partial charge in [-0.2, -0.15) is 0 Å². The number of nitrogens with zero attached hydrogens (tertiary/aromatic N) is 1. The zero-order valence-electron chi connectivity index (χ0n) is 11.2. The number of rotatable bonds is 1. The zero-order valence-corrected chi connectivity index (χ0v) is 11.2. The number of nitrogens with two attached hydrogens (primary N) is 1. The molecule has 1 saturated heterocycles. The third kappa shape index (κ3) is 3.01. The number of carbonyl (C=O) groups excluding carboxylic acids is 1. The molecule has 1 saturated carbocycles. The molecule has 1 aliphatic heterocycles. The van der Waals surface area contributed by atoms with Crippen molar-refractivity contribution >= 4 is 5.91 Å². The summed E-state index contributed by atoms with van der Waals surface area (Å²) in [6, 6.07) is 0.664. The lowest BCUT2D eigenvalue weighted by Gasteiger charge is -2.39. The van der Waals surface area contributed by atoms with E-state index in [0.29, 0.717) is 17.9 Å². The van der Waals surface area contributed by atoms with Crippen molar-refractivity contribution in [2.24, 2.45) is 17.6 Å². The molecule has 17 heavy (non-hydrogen) atoms. The molecule has 0 spiro atoms. The Morgan fingerprint density at radius 2 is 1.94 bits per heavy atom. The van der Waals surface area contributed by atoms with Crippen molar-refractivity contribution in [1.82, 2.24) is 4.90 Å². The highest BCUT2D eigenvalue weighted by Crippen LogP contribution is 2.31. The van der Waals surface area contributed by atoms with E-state index >= 15 is 0 Å². The van der Waals surface area contributed by atoms with Gasteiger partial charge in [-0.05, 0) is 51.4 Å². The van der Waals surface area contributed by atoms with Crippen LogP contribution >= 0.6 is 0 Å². The number of carbonyl (C=O) groups is 1. The Bertz CT molecular complexity index is 269. The van der Waals surface area contributed by atoms with Crippen molar-refractivity contribution in [3.8, 4) is 0 Å². The molecular weight excluding hydrogens is 212 g/mol. The second kappa shape index (κ2) is 5.38. The maximum atomic E-state index is 12.5. The first-order chi connectivity index (χ1) is 8.08. The molecule has 0 aromatic rings. The highest BCUT2D eigenvalue weighted by atomic mass is 16.2. The fraction of sp³-hybridized carbons (Fsp3) is 0.929. The van der Waals surface area contributed by atoms with Crippen LogP contribution in [0.1, 0.15) is 52.4 Å². The van der Waals surface area contributed by atoms with Gasteiger partial charge in [0.25, 0.3) is 0 Å². The molecule has 2 fully saturated rings. The lowest BCUT2D eigenvalue weighted by Crippen LogP contribution is -2.47. The van der Waals surface area contributed by atoms with E-state index in [-0.39, 0.29) is 12.0 Å². The van der Waals surface area contributed by atoms with E-state index in [1.165, 1.54) is 19.3 Å². The summed E-state index contributed by atoms with van der Waals surface area (Å²) in [5, 5.41) is 0. The maximum Gasteiger partial charge on any atom is 0.225 e. The SMILES string of the molecule is CC1CC(N)CC(C(=O)N2CCCCC2C)C1. The number of hydrogen-bond acceptors (Lipinski definition) is 2. The van der Waals surface area contributed by atoms with E-state index in [1.807, 2.05) is 0 Å². The van der Waals surface area contributed by atoms with Crippen LogP contribution in [-0.2, 0) is 4.79 Å². The molecule has 0 aromatic carbocycles. The summed E-state index contributed by atoms with van der Waals surface area (Å²) in [5.41, 5.74) is 6.05. The molecule has 98 valence electrons. The number of likely N-dealkylation sites (tertiary alicyclic amines) is 1. The summed E-state index contributed by atoms with van der Waals surface area (Å²) in [6.07, 6.45) is 6.62. The van der Waals surface area contributed by atoms with Gasteiger partial charge in [0, 0.05) is 24.5 Å². The minimum Gasteiger partial charge on any atom is -0.340 e. The molecule has 3 nitrogen and oxygen atoms in total. The molecule has 1 heterocycles. The molecule has 4 atom stereocenters. The second-order valence-corrected chi connectivity index (χ2v) is 6.15. The molecule has 3 heteroatoms. The third-order valence-corrected chi connectivity index (χ3v) is 4.41. The molecule has 0 bridgehead atoms. The van der Waals surface area contributed by atoms with Gasteiger partial charge in [0.1, 0.15) is 0 Å². The van der Waals surface area contributed by atoms with Gasteiger partial charge in [-0.15, -0.1) is 0 Å². The summed E-state index contributed by atoms with van der Waals surface area (Å²) in [5.74, 6) is 1.17. The van der Waals surface area contributed by atoms with E-state index in [2.05, 4.69) is 18.7 Å². The van der Waals surface area contributed by atoms with Gasteiger partial charge >= 0.3 is 0 Å². The second-order valence-electron chi connectivity index (χ2n) is 6.15. The minimum atomic E-state index is 0.189. The predicted molar refractivity (Wildman–Crippen MR) is 69.5 cm³/mol. The average Bonchev–Trinajstić information content (AvgIpc) is 2.27. The van der Waals surface area contributed by atoms with Crippen LogP contribution in [0.5, 0.6) is 0 Å². The van der Waals surface area contributed by atoms with Crippen LogP contribution < -0.4 is 5.73 Å². The van der Waals surface area contributed by atoms with Gasteiger partial charge in [-0.3, -0.25) is 4.79 Å². The fourth-order valence-electron chi connectivity index (χ4n) is 3.52. The highest BCUT2D eigenvalue weighted by molar-refractivity contribution is 5.79. The van der Waals surface area contributed by atoms with Gasteiger partial charge < -0.3 is 10.6 Å². The monoisotopic (exact) mass is 238 g/mol. The van der Waals surface area contributed by atoms with Gasteiger partial charge in [-0.25, -0.2) is 0 Å². The van der Waals surface area contributed by atoms with Crippen LogP contribution in [0, 0.1) is 11.8 Å². The molecule has 2 rings (SSSR count). The van der Waals surface area contributed by atoms with Gasteiger partial charge in [-0.1, -0.05) is 6.92 Å². The Balaban J connectivity index is 1.98. The third-order valence-electron chi connectivity index (χ3n) is 4.41. The minimum absolute atomic E-state index is 0.189. The van der Waals surface area contributed by atoms with Crippen LogP contribution in [0.3, 0.4) is 0 Å². The molecule has 1 aliphatic carbocycles. The molecule has 2 aliphatic rings. The van der Waals surface area contributed by atoms with Crippen LogP contribution in [0.4, 0.5) is 0 Å². The Kier molecular flexibility index (Phi) is 4.08. The topological polar surface area (TPSA) is 46.3 Å². The molecule has 0 aromatic heterocycles. The first-order valence-corrected chi connectivity index (χ1v) is 7.14. The number of amides is 1. The smallest absolute Gasteiger partial charge is 0.225 e. The largest absolute Gasteiger partial charge is 0.340 e. The average molecular weight is 238 g/mol. The highest BCUT2D eigenvalue weighted by Gasteiger charge is 2.34. The normalized spacial score (nSPS) is 39.1. The predicted octanol–water partition coefficient (Wildman–Crippen LogP) is 2.15. The van der Waals surface area contributed by atoms with Crippen LogP contribution in [0.25, 0.3) is 0 Å². The molecule has 4 unspecified atom stereocenters. The quantitative estimate of drug-likeness (QED) is 0.761. The number of hydrogen-bond donors (Lipinski definition) is 1. The Morgan fingerprint density at radius 3 is 2.59 bits per heavy atom. The van der Waals surface area contributed by atoms with Crippen molar-refractivity contribution < 1.29 is 4.79 Å². The first-order valence-electron chi connectivity index (χ1n) is 7.14. The van der Waals surface area contributed by atoms with E-state index in [1.54, 1.807) is 0 Å². The van der Waals surface area contributed by atoms with Gasteiger partial charge in [0.15, 0.2) is 0 Å². The molecule has 0 radical (unpaired) electrons. The van der Waals surface area contributed by atoms with Gasteiger partial charge in [0.05, 0.1) is 0 Å². The Morgan fingerprint density at radius 1 is 1.18 bits per heavy atom. The van der Waals surface area contributed by atoms with E-state index in [4.69, 9.17) is 5.73 Å². The van der Waals surface area contributed by atoms with Crippen molar-refractivity contribution in [2.75, 3.05) is 6.54 Å². The molecular formula is C14H26N2O. The zero-order chi connectivity index (χ0) is 12.4. The van der Waals surface area contributed by atoms with Gasteiger partial charge in [0.2, 0.25) is 5.91 Å². The van der Waals surface area contributed by atoms with E-state index in [9.17, 15) is 4.79 Å². The van der Waals surface area contributed by atoms with E-state index in [0.717, 1.165) is 25.8 Å². The van der Waals surface area contributed by atoms with Crippen molar-refractivity contribution in [3.63, 3.8) is 0 Å². The van der Waals surface area contributed by atoms with Crippen LogP contribution in [0.2, 0.25) is 0 Å². The lowest BCUT2D eigenvalue weighted by molar-refractivity contribution is -0.140. The van der Waals surface area contributed by atoms with Crippen molar-refractivity contribution in [2.45, 2.75) is 64.5 Å². The standard InChI is InChI=1S/C14H26N2O/c1-10-7-12(9-13(15)8-10)14(17)16-6-4-3-5-11(16)2/h10-13H,3-9,15H2,1-2H3. The maximum absolute atomic E-state index is 12.5. The van der Waals surface area contributed by atoms with Crippen LogP contribution in [-0.4, -0.2) is 29.4 Å². The number of piperidine rings is 1. The summed E-state index contributed by atoms with van der Waals surface area (Å²) in [4.78, 5) is 14.6. The molecule has 1 amide bonds. The van der Waals surface area contributed by atoms with Crippen LogP contribution in [0.15, 0.2) is 0 Å². The fourth-order valence-corrected chi connectivity index (χ4v) is 3.52. The summed E-state index contributed by atoms with van der Waals surface area (Å²) in [6.45, 7) is 5.36. The first kappa shape index (κ1) is 12.9. The summed E-state index contributed by atoms with van der Waals surface area (Å²) >= 11 is 0. The summed E-state index contributed by atoms with van der Waals surface area (Å²) < 4.78 is 0. The lowest BCUT2D eigenvalue weighted by atomic mass is 9.79. The van der Waals surface area contributed by atoms with Crippen molar-refractivity contribution in [3.05, 3.63) is 0 Å². The molecule has 2 N–H and O–H groups in total. The Labute approximate surface area is 105 Å². The van der Waals surface area contributed by atoms with Crippen molar-refractivity contribution in [1.29, 1.82) is 0 Å². The van der Waals surface area contributed by atoms with E-state index < -0.39 is 0 Å². The summed E-state index contributed by atoms with van der Waals surface area (Å²) in [7, 11) is 0. The Hall–Kier alpha value is -0.570.